The molecule has 0 radical (unpaired) electrons. The molecule has 0 unspecified atom stereocenters. The third-order valence-electron chi connectivity index (χ3n) is 5.68. The fraction of sp³-hybridized carbons (Fsp3) is 0.320. The number of anilines is 2. The number of carbonyl (C=O) groups is 2. The molecule has 0 saturated carbocycles. The quantitative estimate of drug-likeness (QED) is 0.491. The Morgan fingerprint density at radius 3 is 2.59 bits per heavy atom. The van der Waals surface area contributed by atoms with Gasteiger partial charge in [0.2, 0.25) is 0 Å². The molecule has 2 aromatic carbocycles. The van der Waals surface area contributed by atoms with E-state index < -0.39 is 5.97 Å². The normalized spacial score (nSPS) is 13.9. The average molecular weight is 465 g/mol. The van der Waals surface area contributed by atoms with Crippen LogP contribution in [0.4, 0.5) is 11.4 Å². The molecule has 34 heavy (non-hydrogen) atoms. The van der Waals surface area contributed by atoms with Crippen molar-refractivity contribution in [1.29, 1.82) is 0 Å². The van der Waals surface area contributed by atoms with Gasteiger partial charge >= 0.3 is 5.97 Å². The van der Waals surface area contributed by atoms with E-state index >= 15 is 0 Å². The van der Waals surface area contributed by atoms with Gasteiger partial charge in [-0.3, -0.25) is 14.7 Å². The van der Waals surface area contributed by atoms with Crippen molar-refractivity contribution in [3.05, 3.63) is 59.8 Å². The van der Waals surface area contributed by atoms with E-state index in [1.54, 1.807) is 32.4 Å². The maximum atomic E-state index is 13.1. The Bertz CT molecular complexity index is 1160. The first kappa shape index (κ1) is 23.5. The third-order valence-corrected chi connectivity index (χ3v) is 5.68. The van der Waals surface area contributed by atoms with Gasteiger partial charge in [-0.15, -0.1) is 0 Å². The zero-order valence-corrected chi connectivity index (χ0v) is 19.3. The highest BCUT2D eigenvalue weighted by atomic mass is 16.5. The predicted molar refractivity (Wildman–Crippen MR) is 129 cm³/mol. The Kier molecular flexibility index (Phi) is 7.56. The molecule has 1 amide bonds. The van der Waals surface area contributed by atoms with E-state index in [-0.39, 0.29) is 12.5 Å². The number of amides is 1. The zero-order valence-electron chi connectivity index (χ0n) is 19.3. The van der Waals surface area contributed by atoms with Crippen LogP contribution in [0.3, 0.4) is 0 Å². The summed E-state index contributed by atoms with van der Waals surface area (Å²) >= 11 is 0. The van der Waals surface area contributed by atoms with E-state index in [0.29, 0.717) is 47.5 Å². The standard InChI is InChI=1S/C25H28N4O5/c1-26-24(30)17-3-8-22-20(15-17)23(28-18-4-6-19(32-2)7-5-18)21(16-27-22)25(31)34-14-11-29-9-12-33-13-10-29/h3-8,15-16H,9-14H2,1-2H3,(H,26,30)(H,27,28). The van der Waals surface area contributed by atoms with Crippen LogP contribution in [0.2, 0.25) is 0 Å². The number of esters is 1. The second-order valence-corrected chi connectivity index (χ2v) is 7.80. The Hall–Kier alpha value is -3.69. The highest BCUT2D eigenvalue weighted by Gasteiger charge is 2.19. The summed E-state index contributed by atoms with van der Waals surface area (Å²) in [6, 6.07) is 12.5. The van der Waals surface area contributed by atoms with Gasteiger partial charge in [0.25, 0.3) is 5.91 Å². The van der Waals surface area contributed by atoms with E-state index in [4.69, 9.17) is 14.2 Å². The Morgan fingerprint density at radius 2 is 1.88 bits per heavy atom. The molecule has 0 bridgehead atoms. The van der Waals surface area contributed by atoms with Crippen molar-refractivity contribution < 1.29 is 23.8 Å². The van der Waals surface area contributed by atoms with Gasteiger partial charge in [-0.1, -0.05) is 0 Å². The number of pyridine rings is 1. The number of fused-ring (bicyclic) bond motifs is 1. The topological polar surface area (TPSA) is 102 Å². The number of rotatable bonds is 8. The maximum Gasteiger partial charge on any atom is 0.341 e. The van der Waals surface area contributed by atoms with Gasteiger partial charge in [0.05, 0.1) is 31.5 Å². The van der Waals surface area contributed by atoms with E-state index in [1.807, 2.05) is 24.3 Å². The maximum absolute atomic E-state index is 13.1. The number of methoxy groups -OCH3 is 1. The Balaban J connectivity index is 1.64. The zero-order chi connectivity index (χ0) is 23.9. The molecule has 2 N–H and O–H groups in total. The molecule has 178 valence electrons. The summed E-state index contributed by atoms with van der Waals surface area (Å²) in [4.78, 5) is 31.9. The Morgan fingerprint density at radius 1 is 1.12 bits per heavy atom. The van der Waals surface area contributed by atoms with Crippen molar-refractivity contribution in [3.8, 4) is 5.75 Å². The van der Waals surface area contributed by atoms with Crippen LogP contribution >= 0.6 is 0 Å². The molecular formula is C25H28N4O5. The fourth-order valence-corrected chi connectivity index (χ4v) is 3.76. The van der Waals surface area contributed by atoms with Gasteiger partial charge < -0.3 is 24.8 Å². The highest BCUT2D eigenvalue weighted by Crippen LogP contribution is 2.31. The van der Waals surface area contributed by atoms with Gasteiger partial charge in [0, 0.05) is 49.5 Å². The molecule has 3 aromatic rings. The molecule has 1 aromatic heterocycles. The minimum absolute atomic E-state index is 0.226. The van der Waals surface area contributed by atoms with E-state index in [0.717, 1.165) is 24.5 Å². The average Bonchev–Trinajstić information content (AvgIpc) is 2.89. The summed E-state index contributed by atoms with van der Waals surface area (Å²) in [6.45, 7) is 3.91. The van der Waals surface area contributed by atoms with E-state index in [2.05, 4.69) is 20.5 Å². The molecule has 1 aliphatic heterocycles. The number of hydrogen-bond donors (Lipinski definition) is 2. The number of nitrogens with zero attached hydrogens (tertiary/aromatic N) is 2. The highest BCUT2D eigenvalue weighted by molar-refractivity contribution is 6.08. The van der Waals surface area contributed by atoms with Crippen molar-refractivity contribution in [2.45, 2.75) is 0 Å². The minimum Gasteiger partial charge on any atom is -0.497 e. The number of ether oxygens (including phenoxy) is 3. The number of carbonyl (C=O) groups excluding carboxylic acids is 2. The lowest BCUT2D eigenvalue weighted by Crippen LogP contribution is -2.38. The lowest BCUT2D eigenvalue weighted by molar-refractivity contribution is 0.0196. The van der Waals surface area contributed by atoms with Gasteiger partial charge in [0.1, 0.15) is 17.9 Å². The van der Waals surface area contributed by atoms with Gasteiger partial charge in [-0.25, -0.2) is 4.79 Å². The molecule has 1 aliphatic rings. The van der Waals surface area contributed by atoms with Crippen LogP contribution < -0.4 is 15.4 Å². The first-order valence-electron chi connectivity index (χ1n) is 11.1. The fourth-order valence-electron chi connectivity index (χ4n) is 3.76. The van der Waals surface area contributed by atoms with Gasteiger partial charge in [-0.05, 0) is 42.5 Å². The van der Waals surface area contributed by atoms with Gasteiger partial charge in [-0.2, -0.15) is 0 Å². The second-order valence-electron chi connectivity index (χ2n) is 7.80. The molecule has 9 heteroatoms. The molecule has 4 rings (SSSR count). The van der Waals surface area contributed by atoms with Crippen LogP contribution in [0.5, 0.6) is 5.75 Å². The smallest absolute Gasteiger partial charge is 0.341 e. The minimum atomic E-state index is -0.482. The van der Waals surface area contributed by atoms with Crippen molar-refractivity contribution in [3.63, 3.8) is 0 Å². The molecule has 1 fully saturated rings. The van der Waals surface area contributed by atoms with Crippen molar-refractivity contribution in [2.24, 2.45) is 0 Å². The molecule has 0 spiro atoms. The lowest BCUT2D eigenvalue weighted by Gasteiger charge is -2.26. The van der Waals surface area contributed by atoms with Gasteiger partial charge in [0.15, 0.2) is 0 Å². The van der Waals surface area contributed by atoms with Crippen molar-refractivity contribution in [2.75, 3.05) is 58.9 Å². The van der Waals surface area contributed by atoms with Crippen LogP contribution in [0.15, 0.2) is 48.7 Å². The molecule has 2 heterocycles. The van der Waals surface area contributed by atoms with E-state index in [1.165, 1.54) is 6.20 Å². The molecule has 0 atom stereocenters. The SMILES string of the molecule is CNC(=O)c1ccc2ncc(C(=O)OCCN3CCOCC3)c(Nc3ccc(OC)cc3)c2c1. The monoisotopic (exact) mass is 464 g/mol. The summed E-state index contributed by atoms with van der Waals surface area (Å²) in [5.41, 5.74) is 2.68. The summed E-state index contributed by atoms with van der Waals surface area (Å²) < 4.78 is 16.2. The molecule has 0 aliphatic carbocycles. The van der Waals surface area contributed by atoms with Crippen LogP contribution in [-0.2, 0) is 9.47 Å². The Labute approximate surface area is 198 Å². The summed E-state index contributed by atoms with van der Waals surface area (Å²) in [5, 5.41) is 6.58. The van der Waals surface area contributed by atoms with Crippen LogP contribution in [0, 0.1) is 0 Å². The second kappa shape index (κ2) is 11.0. The third kappa shape index (κ3) is 5.44. The van der Waals surface area contributed by atoms with E-state index in [9.17, 15) is 9.59 Å². The lowest BCUT2D eigenvalue weighted by atomic mass is 10.1. The number of aromatic nitrogens is 1. The summed E-state index contributed by atoms with van der Waals surface area (Å²) in [6.07, 6.45) is 1.50. The molecular weight excluding hydrogens is 436 g/mol. The van der Waals surface area contributed by atoms with Crippen LogP contribution in [0.25, 0.3) is 10.9 Å². The molecule has 9 nitrogen and oxygen atoms in total. The number of benzene rings is 2. The molecule has 1 saturated heterocycles. The number of nitrogens with one attached hydrogen (secondary N) is 2. The number of hydrogen-bond acceptors (Lipinski definition) is 8. The largest absolute Gasteiger partial charge is 0.497 e. The number of morpholine rings is 1. The van der Waals surface area contributed by atoms with Crippen LogP contribution in [-0.4, -0.2) is 75.4 Å². The summed E-state index contributed by atoms with van der Waals surface area (Å²) in [7, 11) is 3.17. The first-order valence-corrected chi connectivity index (χ1v) is 11.1. The van der Waals surface area contributed by atoms with Crippen LogP contribution in [0.1, 0.15) is 20.7 Å². The predicted octanol–water partition coefficient (Wildman–Crippen LogP) is 2.84. The first-order chi connectivity index (χ1) is 16.6. The van der Waals surface area contributed by atoms with Crippen molar-refractivity contribution in [1.82, 2.24) is 15.2 Å². The van der Waals surface area contributed by atoms with Crippen molar-refractivity contribution >= 4 is 34.2 Å². The summed E-state index contributed by atoms with van der Waals surface area (Å²) in [5.74, 6) is 0.00888.